The van der Waals surface area contributed by atoms with Crippen molar-refractivity contribution in [3.05, 3.63) is 58.6 Å². The van der Waals surface area contributed by atoms with Gasteiger partial charge in [-0.15, -0.1) is 0 Å². The molecule has 110 valence electrons. The van der Waals surface area contributed by atoms with Crippen molar-refractivity contribution in [1.82, 2.24) is 0 Å². The molecule has 4 heteroatoms. The molecule has 3 nitrogen and oxygen atoms in total. The minimum Gasteiger partial charge on any atom is -0.478 e. The van der Waals surface area contributed by atoms with E-state index in [-0.39, 0.29) is 16.7 Å². The third-order valence-corrected chi connectivity index (χ3v) is 3.34. The molecule has 0 aromatic heterocycles. The Morgan fingerprint density at radius 3 is 2.48 bits per heavy atom. The molecule has 0 saturated heterocycles. The van der Waals surface area contributed by atoms with Crippen molar-refractivity contribution in [1.29, 1.82) is 0 Å². The van der Waals surface area contributed by atoms with Crippen molar-refractivity contribution in [3.63, 3.8) is 0 Å². The molecule has 0 heterocycles. The quantitative estimate of drug-likeness (QED) is 0.855. The number of carboxylic acid groups (broad SMARTS) is 1. The number of rotatable bonds is 3. The molecule has 0 fully saturated rings. The second-order valence-corrected chi connectivity index (χ2v) is 6.26. The van der Waals surface area contributed by atoms with Gasteiger partial charge >= 0.3 is 5.97 Å². The number of halogens is 1. The van der Waals surface area contributed by atoms with Crippen LogP contribution in [0.15, 0.2) is 42.5 Å². The standard InChI is InChI=1S/C17H17ClO3/c1-17(2,3)11-5-4-6-13(9-11)21-15-10-12(18)7-8-14(15)16(19)20/h4-10H,1-3H3,(H,19,20). The van der Waals surface area contributed by atoms with Crippen LogP contribution in [0.3, 0.4) is 0 Å². The zero-order valence-electron chi connectivity index (χ0n) is 12.2. The summed E-state index contributed by atoms with van der Waals surface area (Å²) >= 11 is 5.92. The third-order valence-electron chi connectivity index (χ3n) is 3.10. The van der Waals surface area contributed by atoms with E-state index in [2.05, 4.69) is 20.8 Å². The maximum atomic E-state index is 11.2. The van der Waals surface area contributed by atoms with E-state index < -0.39 is 5.97 Å². The SMILES string of the molecule is CC(C)(C)c1cccc(Oc2cc(Cl)ccc2C(=O)O)c1. The summed E-state index contributed by atoms with van der Waals surface area (Å²) in [6.07, 6.45) is 0. The molecule has 0 unspecified atom stereocenters. The van der Waals surface area contributed by atoms with Crippen LogP contribution in [-0.4, -0.2) is 11.1 Å². The molecule has 1 N–H and O–H groups in total. The molecule has 0 aliphatic heterocycles. The minimum atomic E-state index is -1.05. The van der Waals surface area contributed by atoms with Crippen LogP contribution in [0, 0.1) is 0 Å². The smallest absolute Gasteiger partial charge is 0.339 e. The average molecular weight is 305 g/mol. The summed E-state index contributed by atoms with van der Waals surface area (Å²) in [5.41, 5.74) is 1.18. The molecule has 21 heavy (non-hydrogen) atoms. The Bertz CT molecular complexity index is 672. The van der Waals surface area contributed by atoms with Gasteiger partial charge in [0.25, 0.3) is 0 Å². The first-order chi connectivity index (χ1) is 9.77. The molecule has 0 aliphatic rings. The Labute approximate surface area is 129 Å². The summed E-state index contributed by atoms with van der Waals surface area (Å²) in [4.78, 5) is 11.2. The van der Waals surface area contributed by atoms with Crippen molar-refractivity contribution in [2.45, 2.75) is 26.2 Å². The molecule has 0 radical (unpaired) electrons. The van der Waals surface area contributed by atoms with Gasteiger partial charge in [-0.3, -0.25) is 0 Å². The first-order valence-electron chi connectivity index (χ1n) is 6.58. The van der Waals surface area contributed by atoms with Gasteiger partial charge in [0.05, 0.1) is 0 Å². The number of aromatic carboxylic acids is 1. The van der Waals surface area contributed by atoms with E-state index in [4.69, 9.17) is 16.3 Å². The highest BCUT2D eigenvalue weighted by Crippen LogP contribution is 2.31. The summed E-state index contributed by atoms with van der Waals surface area (Å²) in [6, 6.07) is 12.1. The topological polar surface area (TPSA) is 46.5 Å². The van der Waals surface area contributed by atoms with Gasteiger partial charge in [0.2, 0.25) is 0 Å². The molecular formula is C17H17ClO3. The van der Waals surface area contributed by atoms with Crippen molar-refractivity contribution < 1.29 is 14.6 Å². The zero-order chi connectivity index (χ0) is 15.6. The molecule has 2 aromatic rings. The molecule has 2 rings (SSSR count). The lowest BCUT2D eigenvalue weighted by Gasteiger charge is -2.20. The molecule has 0 spiro atoms. The second-order valence-electron chi connectivity index (χ2n) is 5.83. The van der Waals surface area contributed by atoms with Gasteiger partial charge in [-0.25, -0.2) is 4.79 Å². The van der Waals surface area contributed by atoms with Crippen LogP contribution in [-0.2, 0) is 5.41 Å². The van der Waals surface area contributed by atoms with Crippen molar-refractivity contribution in [3.8, 4) is 11.5 Å². The first-order valence-corrected chi connectivity index (χ1v) is 6.96. The Kier molecular flexibility index (Phi) is 4.24. The lowest BCUT2D eigenvalue weighted by molar-refractivity contribution is 0.0694. The van der Waals surface area contributed by atoms with Gasteiger partial charge in [0.1, 0.15) is 17.1 Å². The van der Waals surface area contributed by atoms with Crippen molar-refractivity contribution >= 4 is 17.6 Å². The van der Waals surface area contributed by atoms with E-state index in [0.717, 1.165) is 5.56 Å². The normalized spacial score (nSPS) is 11.2. The van der Waals surface area contributed by atoms with Gasteiger partial charge < -0.3 is 9.84 Å². The zero-order valence-corrected chi connectivity index (χ0v) is 12.9. The largest absolute Gasteiger partial charge is 0.478 e. The summed E-state index contributed by atoms with van der Waals surface area (Å²) in [5.74, 6) is -0.220. The van der Waals surface area contributed by atoms with Crippen LogP contribution in [0.5, 0.6) is 11.5 Å². The van der Waals surface area contributed by atoms with E-state index in [0.29, 0.717) is 10.8 Å². The predicted octanol–water partition coefficient (Wildman–Crippen LogP) is 5.13. The van der Waals surface area contributed by atoms with Gasteiger partial charge in [-0.2, -0.15) is 0 Å². The van der Waals surface area contributed by atoms with Crippen LogP contribution >= 0.6 is 11.6 Å². The van der Waals surface area contributed by atoms with Gasteiger partial charge in [0.15, 0.2) is 0 Å². The number of hydrogen-bond donors (Lipinski definition) is 1. The fourth-order valence-corrected chi connectivity index (χ4v) is 2.07. The third kappa shape index (κ3) is 3.76. The van der Waals surface area contributed by atoms with E-state index in [1.165, 1.54) is 18.2 Å². The fraction of sp³-hybridized carbons (Fsp3) is 0.235. The van der Waals surface area contributed by atoms with Crippen LogP contribution < -0.4 is 4.74 Å². The number of hydrogen-bond acceptors (Lipinski definition) is 2. The number of carbonyl (C=O) groups is 1. The lowest BCUT2D eigenvalue weighted by Crippen LogP contribution is -2.10. The highest BCUT2D eigenvalue weighted by molar-refractivity contribution is 6.30. The van der Waals surface area contributed by atoms with Crippen LogP contribution in [0.2, 0.25) is 5.02 Å². The number of carboxylic acids is 1. The van der Waals surface area contributed by atoms with E-state index in [9.17, 15) is 9.90 Å². The van der Waals surface area contributed by atoms with Crippen molar-refractivity contribution in [2.75, 3.05) is 0 Å². The molecule has 0 amide bonds. The second kappa shape index (κ2) is 5.78. The Hall–Kier alpha value is -2.00. The highest BCUT2D eigenvalue weighted by atomic mass is 35.5. The predicted molar refractivity (Wildman–Crippen MR) is 83.6 cm³/mol. The molecule has 0 bridgehead atoms. The van der Waals surface area contributed by atoms with Crippen LogP contribution in [0.25, 0.3) is 0 Å². The van der Waals surface area contributed by atoms with E-state index >= 15 is 0 Å². The van der Waals surface area contributed by atoms with E-state index in [1.807, 2.05) is 18.2 Å². The highest BCUT2D eigenvalue weighted by Gasteiger charge is 2.16. The summed E-state index contributed by atoms with van der Waals surface area (Å²) in [7, 11) is 0. The summed E-state index contributed by atoms with van der Waals surface area (Å²) in [5, 5.41) is 9.63. The Morgan fingerprint density at radius 1 is 1.14 bits per heavy atom. The van der Waals surface area contributed by atoms with E-state index in [1.54, 1.807) is 6.07 Å². The summed E-state index contributed by atoms with van der Waals surface area (Å²) < 4.78 is 5.72. The fourth-order valence-electron chi connectivity index (χ4n) is 1.91. The van der Waals surface area contributed by atoms with Crippen LogP contribution in [0.1, 0.15) is 36.7 Å². The first kappa shape index (κ1) is 15.4. The summed E-state index contributed by atoms with van der Waals surface area (Å²) in [6.45, 7) is 6.32. The molecule has 2 aromatic carbocycles. The Balaban J connectivity index is 2.39. The molecule has 0 aliphatic carbocycles. The molecular weight excluding hydrogens is 288 g/mol. The monoisotopic (exact) mass is 304 g/mol. The Morgan fingerprint density at radius 2 is 1.86 bits per heavy atom. The maximum absolute atomic E-state index is 11.2. The molecule has 0 saturated carbocycles. The average Bonchev–Trinajstić information content (AvgIpc) is 2.37. The molecule has 0 atom stereocenters. The van der Waals surface area contributed by atoms with Gasteiger partial charge in [-0.05, 0) is 35.2 Å². The van der Waals surface area contributed by atoms with Gasteiger partial charge in [-0.1, -0.05) is 44.5 Å². The van der Waals surface area contributed by atoms with Crippen LogP contribution in [0.4, 0.5) is 0 Å². The van der Waals surface area contributed by atoms with Crippen molar-refractivity contribution in [2.24, 2.45) is 0 Å². The number of benzene rings is 2. The lowest BCUT2D eigenvalue weighted by atomic mass is 9.87. The van der Waals surface area contributed by atoms with Gasteiger partial charge in [0, 0.05) is 11.1 Å². The number of ether oxygens (including phenoxy) is 1. The minimum absolute atomic E-state index is 0.0106. The maximum Gasteiger partial charge on any atom is 0.339 e.